The van der Waals surface area contributed by atoms with Crippen LogP contribution in [0.1, 0.15) is 16.1 Å². The molecule has 5 nitrogen and oxygen atoms in total. The van der Waals surface area contributed by atoms with E-state index in [4.69, 9.17) is 10.5 Å². The van der Waals surface area contributed by atoms with Crippen molar-refractivity contribution in [2.75, 3.05) is 26.2 Å². The number of rotatable bonds is 2. The van der Waals surface area contributed by atoms with Gasteiger partial charge < -0.3 is 15.4 Å². The average Bonchev–Trinajstić information content (AvgIpc) is 2.38. The normalized spacial score (nSPS) is 20.4. The average molecular weight is 235 g/mol. The summed E-state index contributed by atoms with van der Waals surface area (Å²) in [5.41, 5.74) is 7.08. The first-order valence-electron chi connectivity index (χ1n) is 5.74. The number of aryl methyl sites for hydroxylation is 1. The van der Waals surface area contributed by atoms with Crippen molar-refractivity contribution in [2.45, 2.75) is 13.0 Å². The standard InChI is InChI=1S/C12H17N3O2/c1-9-6-10(2-3-14-9)12(16)15-4-5-17-11(7-13)8-15/h2-3,6,11H,4-5,7-8,13H2,1H3. The number of amides is 1. The summed E-state index contributed by atoms with van der Waals surface area (Å²) >= 11 is 0. The van der Waals surface area contributed by atoms with Gasteiger partial charge in [0.1, 0.15) is 0 Å². The Morgan fingerprint density at radius 3 is 3.24 bits per heavy atom. The molecule has 1 saturated heterocycles. The number of morpholine rings is 1. The number of nitrogens with zero attached hydrogens (tertiary/aromatic N) is 2. The van der Waals surface area contributed by atoms with Gasteiger partial charge >= 0.3 is 0 Å². The number of aromatic nitrogens is 1. The van der Waals surface area contributed by atoms with Gasteiger partial charge in [0.15, 0.2) is 0 Å². The summed E-state index contributed by atoms with van der Waals surface area (Å²) in [6, 6.07) is 3.54. The summed E-state index contributed by atoms with van der Waals surface area (Å²) in [5, 5.41) is 0. The number of hydrogen-bond acceptors (Lipinski definition) is 4. The van der Waals surface area contributed by atoms with Crippen LogP contribution in [-0.2, 0) is 4.74 Å². The van der Waals surface area contributed by atoms with E-state index in [1.165, 1.54) is 0 Å². The van der Waals surface area contributed by atoms with Gasteiger partial charge in [0, 0.05) is 37.1 Å². The van der Waals surface area contributed by atoms with Gasteiger partial charge in [-0.05, 0) is 19.1 Å². The number of nitrogens with two attached hydrogens (primary N) is 1. The molecule has 17 heavy (non-hydrogen) atoms. The molecule has 0 saturated carbocycles. The van der Waals surface area contributed by atoms with Crippen LogP contribution in [0.15, 0.2) is 18.3 Å². The zero-order valence-corrected chi connectivity index (χ0v) is 9.93. The van der Waals surface area contributed by atoms with Gasteiger partial charge in [0.05, 0.1) is 12.7 Å². The lowest BCUT2D eigenvalue weighted by atomic mass is 10.2. The fourth-order valence-corrected chi connectivity index (χ4v) is 1.91. The van der Waals surface area contributed by atoms with Crippen LogP contribution in [0.5, 0.6) is 0 Å². The lowest BCUT2D eigenvalue weighted by molar-refractivity contribution is -0.0167. The molecule has 1 aliphatic rings. The van der Waals surface area contributed by atoms with Gasteiger partial charge in [-0.2, -0.15) is 0 Å². The van der Waals surface area contributed by atoms with Crippen LogP contribution in [0.3, 0.4) is 0 Å². The molecule has 0 bridgehead atoms. The van der Waals surface area contributed by atoms with Crippen LogP contribution >= 0.6 is 0 Å². The van der Waals surface area contributed by atoms with Crippen LogP contribution in [0.2, 0.25) is 0 Å². The largest absolute Gasteiger partial charge is 0.373 e. The maximum Gasteiger partial charge on any atom is 0.254 e. The van der Waals surface area contributed by atoms with Crippen LogP contribution in [0, 0.1) is 6.92 Å². The van der Waals surface area contributed by atoms with Crippen molar-refractivity contribution >= 4 is 5.91 Å². The zero-order chi connectivity index (χ0) is 12.3. The highest BCUT2D eigenvalue weighted by atomic mass is 16.5. The van der Waals surface area contributed by atoms with E-state index in [1.54, 1.807) is 23.2 Å². The Kier molecular flexibility index (Phi) is 3.71. The molecule has 0 radical (unpaired) electrons. The monoisotopic (exact) mass is 235 g/mol. The first kappa shape index (κ1) is 12.0. The third-order valence-electron chi connectivity index (χ3n) is 2.83. The third kappa shape index (κ3) is 2.81. The summed E-state index contributed by atoms with van der Waals surface area (Å²) in [7, 11) is 0. The Hall–Kier alpha value is -1.46. The van der Waals surface area contributed by atoms with Crippen molar-refractivity contribution in [3.8, 4) is 0 Å². The van der Waals surface area contributed by atoms with Crippen molar-refractivity contribution in [1.29, 1.82) is 0 Å². The summed E-state index contributed by atoms with van der Waals surface area (Å²) in [5.74, 6) is 0.0252. The quantitative estimate of drug-likeness (QED) is 0.794. The fraction of sp³-hybridized carbons (Fsp3) is 0.500. The lowest BCUT2D eigenvalue weighted by Gasteiger charge is -2.32. The van der Waals surface area contributed by atoms with E-state index in [9.17, 15) is 4.79 Å². The van der Waals surface area contributed by atoms with Crippen molar-refractivity contribution in [3.05, 3.63) is 29.6 Å². The smallest absolute Gasteiger partial charge is 0.254 e. The van der Waals surface area contributed by atoms with Crippen molar-refractivity contribution in [2.24, 2.45) is 5.73 Å². The first-order chi connectivity index (χ1) is 8.20. The van der Waals surface area contributed by atoms with Crippen molar-refractivity contribution < 1.29 is 9.53 Å². The van der Waals surface area contributed by atoms with Gasteiger partial charge in [0.2, 0.25) is 0 Å². The van der Waals surface area contributed by atoms with E-state index >= 15 is 0 Å². The first-order valence-corrected chi connectivity index (χ1v) is 5.74. The molecule has 1 aliphatic heterocycles. The minimum absolute atomic E-state index is 0.0252. The Balaban J connectivity index is 2.09. The molecule has 0 spiro atoms. The van der Waals surface area contributed by atoms with Gasteiger partial charge in [-0.25, -0.2) is 0 Å². The molecule has 2 N–H and O–H groups in total. The molecule has 2 rings (SSSR count). The topological polar surface area (TPSA) is 68.5 Å². The van der Waals surface area contributed by atoms with Gasteiger partial charge in [-0.3, -0.25) is 9.78 Å². The summed E-state index contributed by atoms with van der Waals surface area (Å²) in [6.45, 7) is 4.06. The lowest BCUT2D eigenvalue weighted by Crippen LogP contribution is -2.48. The SMILES string of the molecule is Cc1cc(C(=O)N2CCOC(CN)C2)ccn1. The number of pyridine rings is 1. The highest BCUT2D eigenvalue weighted by Gasteiger charge is 2.24. The Morgan fingerprint density at radius 2 is 2.53 bits per heavy atom. The summed E-state index contributed by atoms with van der Waals surface area (Å²) in [4.78, 5) is 18.1. The van der Waals surface area contributed by atoms with Crippen LogP contribution in [-0.4, -0.2) is 48.1 Å². The molecule has 0 aromatic carbocycles. The van der Waals surface area contributed by atoms with Crippen LogP contribution < -0.4 is 5.73 Å². The van der Waals surface area contributed by atoms with Gasteiger partial charge in [-0.15, -0.1) is 0 Å². The van der Waals surface area contributed by atoms with E-state index in [1.807, 2.05) is 6.92 Å². The van der Waals surface area contributed by atoms with Crippen molar-refractivity contribution in [3.63, 3.8) is 0 Å². The molecular weight excluding hydrogens is 218 g/mol. The molecule has 2 heterocycles. The number of ether oxygens (including phenoxy) is 1. The minimum Gasteiger partial charge on any atom is -0.373 e. The predicted octanol–water partition coefficient (Wildman–Crippen LogP) is 0.190. The molecule has 1 amide bonds. The summed E-state index contributed by atoms with van der Waals surface area (Å²) in [6.07, 6.45) is 1.61. The van der Waals surface area contributed by atoms with Gasteiger partial charge in [0.25, 0.3) is 5.91 Å². The minimum atomic E-state index is -0.0457. The van der Waals surface area contributed by atoms with Crippen molar-refractivity contribution in [1.82, 2.24) is 9.88 Å². The maximum absolute atomic E-state index is 12.2. The Bertz CT molecular complexity index is 408. The molecular formula is C12H17N3O2. The molecule has 1 atom stereocenters. The highest BCUT2D eigenvalue weighted by Crippen LogP contribution is 2.10. The van der Waals surface area contributed by atoms with E-state index in [-0.39, 0.29) is 12.0 Å². The second-order valence-corrected chi connectivity index (χ2v) is 4.17. The predicted molar refractivity (Wildman–Crippen MR) is 63.7 cm³/mol. The Labute approximate surface area is 101 Å². The molecule has 92 valence electrons. The molecule has 1 unspecified atom stereocenters. The maximum atomic E-state index is 12.2. The number of hydrogen-bond donors (Lipinski definition) is 1. The number of carbonyl (C=O) groups excluding carboxylic acids is 1. The van der Waals surface area contributed by atoms with E-state index in [0.29, 0.717) is 31.8 Å². The summed E-state index contributed by atoms with van der Waals surface area (Å²) < 4.78 is 5.44. The second-order valence-electron chi connectivity index (χ2n) is 4.17. The third-order valence-corrected chi connectivity index (χ3v) is 2.83. The van der Waals surface area contributed by atoms with Gasteiger partial charge in [-0.1, -0.05) is 0 Å². The highest BCUT2D eigenvalue weighted by molar-refractivity contribution is 5.94. The zero-order valence-electron chi connectivity index (χ0n) is 9.93. The molecule has 0 aliphatic carbocycles. The Morgan fingerprint density at radius 1 is 1.71 bits per heavy atom. The number of carbonyl (C=O) groups is 1. The van der Waals surface area contributed by atoms with Crippen LogP contribution in [0.25, 0.3) is 0 Å². The second kappa shape index (κ2) is 5.25. The van der Waals surface area contributed by atoms with E-state index in [2.05, 4.69) is 4.98 Å². The molecule has 1 fully saturated rings. The van der Waals surface area contributed by atoms with E-state index < -0.39 is 0 Å². The van der Waals surface area contributed by atoms with Crippen LogP contribution in [0.4, 0.5) is 0 Å². The molecule has 1 aromatic heterocycles. The van der Waals surface area contributed by atoms with E-state index in [0.717, 1.165) is 5.69 Å². The molecule has 5 heteroatoms. The molecule has 1 aromatic rings. The fourth-order valence-electron chi connectivity index (χ4n) is 1.91.